The van der Waals surface area contributed by atoms with Crippen LogP contribution in [-0.2, 0) is 9.59 Å². The molecule has 4 heteroatoms. The lowest BCUT2D eigenvalue weighted by Crippen LogP contribution is -2.46. The average Bonchev–Trinajstić information content (AvgIpc) is 2.56. The van der Waals surface area contributed by atoms with Gasteiger partial charge in [-0.15, -0.1) is 0 Å². The zero-order valence-electron chi connectivity index (χ0n) is 8.41. The molecule has 0 heterocycles. The largest absolute Gasteiger partial charge is 0.548 e. The highest BCUT2D eigenvalue weighted by molar-refractivity contribution is 5.82. The highest BCUT2D eigenvalue weighted by Gasteiger charge is 2.19. The Kier molecular flexibility index (Phi) is 3.92. The minimum atomic E-state index is -1.23. The van der Waals surface area contributed by atoms with Crippen LogP contribution < -0.4 is 10.4 Å². The minimum absolute atomic E-state index is 0.173. The Morgan fingerprint density at radius 3 is 2.50 bits per heavy atom. The molecule has 1 aliphatic carbocycles. The second-order valence-corrected chi connectivity index (χ2v) is 3.96. The van der Waals surface area contributed by atoms with Crippen LogP contribution in [0.1, 0.15) is 39.0 Å². The Balaban J connectivity index is 2.24. The number of rotatable bonds is 4. The van der Waals surface area contributed by atoms with Gasteiger partial charge in [-0.2, -0.15) is 0 Å². The van der Waals surface area contributed by atoms with Crippen molar-refractivity contribution in [1.82, 2.24) is 5.32 Å². The van der Waals surface area contributed by atoms with Crippen molar-refractivity contribution in [2.24, 2.45) is 5.92 Å². The van der Waals surface area contributed by atoms with Crippen LogP contribution in [0.25, 0.3) is 0 Å². The molecule has 1 atom stereocenters. The smallest absolute Gasteiger partial charge is 0.220 e. The molecule has 1 unspecified atom stereocenters. The molecule has 0 aromatic rings. The van der Waals surface area contributed by atoms with Crippen LogP contribution in [0.5, 0.6) is 0 Å². The molecule has 0 aromatic carbocycles. The maximum atomic E-state index is 11.3. The number of hydrogen-bond donors (Lipinski definition) is 1. The van der Waals surface area contributed by atoms with Crippen molar-refractivity contribution < 1.29 is 14.7 Å². The fourth-order valence-corrected chi connectivity index (χ4v) is 1.84. The van der Waals surface area contributed by atoms with E-state index < -0.39 is 12.0 Å². The van der Waals surface area contributed by atoms with Crippen LogP contribution in [0.15, 0.2) is 0 Å². The van der Waals surface area contributed by atoms with Crippen molar-refractivity contribution >= 4 is 11.9 Å². The van der Waals surface area contributed by atoms with Crippen LogP contribution in [0.3, 0.4) is 0 Å². The summed E-state index contributed by atoms with van der Waals surface area (Å²) < 4.78 is 0. The van der Waals surface area contributed by atoms with E-state index in [2.05, 4.69) is 5.32 Å². The van der Waals surface area contributed by atoms with E-state index in [0.29, 0.717) is 12.3 Å². The third-order valence-corrected chi connectivity index (χ3v) is 2.68. The molecule has 1 aliphatic rings. The molecule has 80 valence electrons. The third kappa shape index (κ3) is 3.36. The van der Waals surface area contributed by atoms with Gasteiger partial charge in [0.05, 0.1) is 12.0 Å². The van der Waals surface area contributed by atoms with Gasteiger partial charge in [-0.3, -0.25) is 4.79 Å². The molecule has 1 rings (SSSR count). The molecule has 0 aromatic heterocycles. The predicted molar refractivity (Wildman–Crippen MR) is 49.2 cm³/mol. The van der Waals surface area contributed by atoms with E-state index >= 15 is 0 Å². The zero-order valence-corrected chi connectivity index (χ0v) is 8.41. The second-order valence-electron chi connectivity index (χ2n) is 3.96. The van der Waals surface area contributed by atoms with Gasteiger partial charge in [0.1, 0.15) is 0 Å². The van der Waals surface area contributed by atoms with E-state index in [1.165, 1.54) is 19.8 Å². The van der Waals surface area contributed by atoms with Crippen LogP contribution in [0, 0.1) is 5.92 Å². The quantitative estimate of drug-likeness (QED) is 0.681. The molecule has 0 bridgehead atoms. The lowest BCUT2D eigenvalue weighted by molar-refractivity contribution is -0.307. The van der Waals surface area contributed by atoms with Crippen LogP contribution in [-0.4, -0.2) is 17.9 Å². The van der Waals surface area contributed by atoms with Crippen LogP contribution in [0.2, 0.25) is 0 Å². The van der Waals surface area contributed by atoms with Crippen molar-refractivity contribution in [3.05, 3.63) is 0 Å². The van der Waals surface area contributed by atoms with Crippen molar-refractivity contribution in [2.75, 3.05) is 0 Å². The van der Waals surface area contributed by atoms with E-state index in [-0.39, 0.29) is 5.91 Å². The topological polar surface area (TPSA) is 69.2 Å². The normalized spacial score (nSPS) is 19.2. The Bertz CT molecular complexity index is 221. The van der Waals surface area contributed by atoms with Crippen molar-refractivity contribution in [1.29, 1.82) is 0 Å². The fourth-order valence-electron chi connectivity index (χ4n) is 1.84. The van der Waals surface area contributed by atoms with Gasteiger partial charge in [-0.05, 0) is 25.7 Å². The molecular weight excluding hydrogens is 182 g/mol. The number of carbonyl (C=O) groups excluding carboxylic acids is 2. The molecule has 14 heavy (non-hydrogen) atoms. The van der Waals surface area contributed by atoms with Gasteiger partial charge in [0.2, 0.25) is 5.91 Å². The first-order chi connectivity index (χ1) is 6.59. The summed E-state index contributed by atoms with van der Waals surface area (Å²) in [6.07, 6.45) is 5.01. The van der Waals surface area contributed by atoms with Gasteiger partial charge >= 0.3 is 0 Å². The first kappa shape index (κ1) is 11.0. The molecule has 1 N–H and O–H groups in total. The molecule has 4 nitrogen and oxygen atoms in total. The SMILES string of the molecule is CC(NC(=O)CC1CCCC1)C(=O)[O-]. The van der Waals surface area contributed by atoms with Crippen molar-refractivity contribution in [2.45, 2.75) is 45.1 Å². The minimum Gasteiger partial charge on any atom is -0.548 e. The van der Waals surface area contributed by atoms with E-state index in [9.17, 15) is 14.7 Å². The summed E-state index contributed by atoms with van der Waals surface area (Å²) >= 11 is 0. The molecular formula is C10H16NO3-. The van der Waals surface area contributed by atoms with E-state index in [1.807, 2.05) is 0 Å². The Labute approximate surface area is 83.7 Å². The first-order valence-electron chi connectivity index (χ1n) is 5.10. The van der Waals surface area contributed by atoms with Crippen LogP contribution >= 0.6 is 0 Å². The molecule has 1 fully saturated rings. The lowest BCUT2D eigenvalue weighted by Gasteiger charge is -2.16. The lowest BCUT2D eigenvalue weighted by atomic mass is 10.0. The summed E-state index contributed by atoms with van der Waals surface area (Å²) in [4.78, 5) is 21.7. The number of amides is 1. The molecule has 1 saturated carbocycles. The Hall–Kier alpha value is -1.06. The predicted octanol–water partition coefficient (Wildman–Crippen LogP) is -0.179. The standard InChI is InChI=1S/C10H17NO3/c1-7(10(13)14)11-9(12)6-8-4-2-3-5-8/h7-8H,2-6H2,1H3,(H,11,12)(H,13,14)/p-1. The average molecular weight is 198 g/mol. The van der Waals surface area contributed by atoms with E-state index in [1.54, 1.807) is 0 Å². The third-order valence-electron chi connectivity index (χ3n) is 2.68. The summed E-state index contributed by atoms with van der Waals surface area (Å²) in [5, 5.41) is 12.8. The second kappa shape index (κ2) is 4.98. The monoisotopic (exact) mass is 198 g/mol. The summed E-state index contributed by atoms with van der Waals surface area (Å²) in [6, 6.07) is -0.885. The number of nitrogens with one attached hydrogen (secondary N) is 1. The van der Waals surface area contributed by atoms with Crippen LogP contribution in [0.4, 0.5) is 0 Å². The Morgan fingerprint density at radius 2 is 2.00 bits per heavy atom. The summed E-state index contributed by atoms with van der Waals surface area (Å²) in [7, 11) is 0. The number of aliphatic carboxylic acids is 1. The number of hydrogen-bond acceptors (Lipinski definition) is 3. The summed E-state index contributed by atoms with van der Waals surface area (Å²) in [5.41, 5.74) is 0. The molecule has 0 aliphatic heterocycles. The van der Waals surface area contributed by atoms with Gasteiger partial charge in [0, 0.05) is 6.42 Å². The van der Waals surface area contributed by atoms with E-state index in [4.69, 9.17) is 0 Å². The summed E-state index contributed by atoms with van der Waals surface area (Å²) in [6.45, 7) is 1.42. The Morgan fingerprint density at radius 1 is 1.43 bits per heavy atom. The maximum absolute atomic E-state index is 11.3. The van der Waals surface area contributed by atoms with Gasteiger partial charge in [0.25, 0.3) is 0 Å². The van der Waals surface area contributed by atoms with Gasteiger partial charge < -0.3 is 15.2 Å². The highest BCUT2D eigenvalue weighted by Crippen LogP contribution is 2.27. The van der Waals surface area contributed by atoms with Crippen molar-refractivity contribution in [3.8, 4) is 0 Å². The fraction of sp³-hybridized carbons (Fsp3) is 0.800. The molecule has 0 spiro atoms. The van der Waals surface area contributed by atoms with E-state index in [0.717, 1.165) is 12.8 Å². The summed E-state index contributed by atoms with van der Waals surface area (Å²) in [5.74, 6) is -0.956. The number of carbonyl (C=O) groups is 2. The van der Waals surface area contributed by atoms with Gasteiger partial charge in [0.15, 0.2) is 0 Å². The number of carboxylic acids is 1. The molecule has 0 saturated heterocycles. The van der Waals surface area contributed by atoms with Crippen molar-refractivity contribution in [3.63, 3.8) is 0 Å². The van der Waals surface area contributed by atoms with Gasteiger partial charge in [-0.1, -0.05) is 12.8 Å². The van der Waals surface area contributed by atoms with Gasteiger partial charge in [-0.25, -0.2) is 0 Å². The number of carboxylic acid groups (broad SMARTS) is 1. The first-order valence-corrected chi connectivity index (χ1v) is 5.10. The highest BCUT2D eigenvalue weighted by atomic mass is 16.4. The molecule has 1 amide bonds. The zero-order chi connectivity index (χ0) is 10.6. The maximum Gasteiger partial charge on any atom is 0.220 e. The molecule has 0 radical (unpaired) electrons.